The molecule has 0 amide bonds. The minimum absolute atomic E-state index is 0.537. The highest BCUT2D eigenvalue weighted by Gasteiger charge is 2.38. The molecule has 0 unspecified atom stereocenters. The van der Waals surface area contributed by atoms with E-state index < -0.39 is 0 Å². The largest absolute Gasteiger partial charge is 0.497 e. The summed E-state index contributed by atoms with van der Waals surface area (Å²) in [4.78, 5) is 2.43. The van der Waals surface area contributed by atoms with Crippen molar-refractivity contribution in [3.63, 3.8) is 0 Å². The molecule has 0 N–H and O–H groups in total. The van der Waals surface area contributed by atoms with Crippen molar-refractivity contribution < 1.29 is 9.47 Å². The van der Waals surface area contributed by atoms with Crippen molar-refractivity contribution in [2.75, 3.05) is 27.3 Å². The van der Waals surface area contributed by atoms with E-state index in [-0.39, 0.29) is 0 Å². The van der Waals surface area contributed by atoms with Crippen molar-refractivity contribution in [3.8, 4) is 11.5 Å². The predicted molar refractivity (Wildman–Crippen MR) is 62.0 cm³/mol. The monoisotopic (exact) mass is 219 g/mol. The maximum atomic E-state index is 5.82. The van der Waals surface area contributed by atoms with Crippen LogP contribution in [0, 0.1) is 5.92 Å². The maximum absolute atomic E-state index is 5.82. The van der Waals surface area contributed by atoms with E-state index in [4.69, 9.17) is 9.47 Å². The van der Waals surface area contributed by atoms with E-state index in [1.165, 1.54) is 18.5 Å². The van der Waals surface area contributed by atoms with Crippen LogP contribution in [0.4, 0.5) is 0 Å². The standard InChI is InChI=1S/C13H17NO2/c1-14-6-5-9-8-16-12-7-10(15-2)3-4-11(12)13(9)14/h3-4,7,9,13H,5-6,8H2,1-2H3/t9-,13-/m0/s1. The first-order chi connectivity index (χ1) is 7.79. The molecule has 3 heteroatoms. The number of hydrogen-bond acceptors (Lipinski definition) is 3. The van der Waals surface area contributed by atoms with Crippen molar-refractivity contribution in [1.29, 1.82) is 0 Å². The fourth-order valence-electron chi connectivity index (χ4n) is 2.90. The van der Waals surface area contributed by atoms with Crippen LogP contribution in [0.5, 0.6) is 11.5 Å². The third-order valence-electron chi connectivity index (χ3n) is 3.77. The molecule has 0 bridgehead atoms. The van der Waals surface area contributed by atoms with Gasteiger partial charge in [-0.2, -0.15) is 0 Å². The average Bonchev–Trinajstić information content (AvgIpc) is 2.70. The van der Waals surface area contributed by atoms with Gasteiger partial charge in [0.2, 0.25) is 0 Å². The second-order valence-electron chi connectivity index (χ2n) is 4.69. The summed E-state index contributed by atoms with van der Waals surface area (Å²) in [6, 6.07) is 6.70. The molecule has 86 valence electrons. The van der Waals surface area contributed by atoms with Crippen LogP contribution in [0.15, 0.2) is 18.2 Å². The van der Waals surface area contributed by atoms with Gasteiger partial charge in [0.25, 0.3) is 0 Å². The topological polar surface area (TPSA) is 21.7 Å². The summed E-state index contributed by atoms with van der Waals surface area (Å²) >= 11 is 0. The predicted octanol–water partition coefficient (Wildman–Crippen LogP) is 2.08. The van der Waals surface area contributed by atoms with Gasteiger partial charge in [0.15, 0.2) is 0 Å². The lowest BCUT2D eigenvalue weighted by molar-refractivity contribution is 0.163. The molecule has 2 aliphatic rings. The molecule has 0 spiro atoms. The molecule has 2 atom stereocenters. The Bertz CT molecular complexity index is 405. The second-order valence-corrected chi connectivity index (χ2v) is 4.69. The van der Waals surface area contributed by atoms with Crippen molar-refractivity contribution in [3.05, 3.63) is 23.8 Å². The summed E-state index contributed by atoms with van der Waals surface area (Å²) in [5, 5.41) is 0. The summed E-state index contributed by atoms with van der Waals surface area (Å²) < 4.78 is 11.0. The van der Waals surface area contributed by atoms with E-state index >= 15 is 0 Å². The molecule has 0 radical (unpaired) electrons. The van der Waals surface area contributed by atoms with Crippen LogP contribution in [0.2, 0.25) is 0 Å². The SMILES string of the molecule is COc1ccc2c(c1)OC[C@@H]1CCN(C)[C@H]21. The van der Waals surface area contributed by atoms with Crippen molar-refractivity contribution in [2.45, 2.75) is 12.5 Å². The summed E-state index contributed by atoms with van der Waals surface area (Å²) in [5.74, 6) is 2.53. The lowest BCUT2D eigenvalue weighted by Crippen LogP contribution is -2.28. The molecule has 1 saturated heterocycles. The van der Waals surface area contributed by atoms with Gasteiger partial charge in [0, 0.05) is 23.6 Å². The molecule has 1 aromatic carbocycles. The van der Waals surface area contributed by atoms with Crippen molar-refractivity contribution in [1.82, 2.24) is 4.90 Å². The van der Waals surface area contributed by atoms with Crippen LogP contribution in [0.1, 0.15) is 18.0 Å². The highest BCUT2D eigenvalue weighted by Crippen LogP contribution is 2.44. The minimum Gasteiger partial charge on any atom is -0.497 e. The molecule has 1 aromatic rings. The number of rotatable bonds is 1. The van der Waals surface area contributed by atoms with E-state index in [1.54, 1.807) is 7.11 Å². The van der Waals surface area contributed by atoms with E-state index in [1.807, 2.05) is 12.1 Å². The molecule has 1 fully saturated rings. The van der Waals surface area contributed by atoms with Gasteiger partial charge >= 0.3 is 0 Å². The number of likely N-dealkylation sites (tertiary alicyclic amines) is 1. The molecule has 3 nitrogen and oxygen atoms in total. The normalized spacial score (nSPS) is 28.1. The van der Waals surface area contributed by atoms with Crippen LogP contribution in [-0.2, 0) is 0 Å². The van der Waals surface area contributed by atoms with Gasteiger partial charge in [0.05, 0.1) is 13.7 Å². The first-order valence-corrected chi connectivity index (χ1v) is 5.80. The third kappa shape index (κ3) is 1.39. The third-order valence-corrected chi connectivity index (χ3v) is 3.77. The zero-order valence-corrected chi connectivity index (χ0v) is 9.77. The van der Waals surface area contributed by atoms with Gasteiger partial charge in [-0.15, -0.1) is 0 Å². The zero-order valence-electron chi connectivity index (χ0n) is 9.77. The summed E-state index contributed by atoms with van der Waals surface area (Å²) in [6.45, 7) is 2.01. The number of nitrogens with zero attached hydrogens (tertiary/aromatic N) is 1. The first kappa shape index (κ1) is 9.97. The number of benzene rings is 1. The summed E-state index contributed by atoms with van der Waals surface area (Å²) in [7, 11) is 3.89. The fraction of sp³-hybridized carbons (Fsp3) is 0.538. The van der Waals surface area contributed by atoms with Crippen molar-refractivity contribution >= 4 is 0 Å². The van der Waals surface area contributed by atoms with E-state index in [0.29, 0.717) is 12.0 Å². The van der Waals surface area contributed by atoms with Gasteiger partial charge in [-0.05, 0) is 26.1 Å². The minimum atomic E-state index is 0.537. The quantitative estimate of drug-likeness (QED) is 0.722. The van der Waals surface area contributed by atoms with Crippen LogP contribution >= 0.6 is 0 Å². The highest BCUT2D eigenvalue weighted by atomic mass is 16.5. The second kappa shape index (κ2) is 3.67. The van der Waals surface area contributed by atoms with E-state index in [0.717, 1.165) is 18.1 Å². The molecule has 2 heterocycles. The molecular weight excluding hydrogens is 202 g/mol. The highest BCUT2D eigenvalue weighted by molar-refractivity contribution is 5.44. The molecule has 3 rings (SSSR count). The van der Waals surface area contributed by atoms with Gasteiger partial charge in [-0.3, -0.25) is 4.90 Å². The van der Waals surface area contributed by atoms with Gasteiger partial charge in [0.1, 0.15) is 11.5 Å². The molecule has 0 saturated carbocycles. The Morgan fingerprint density at radius 2 is 2.31 bits per heavy atom. The lowest BCUT2D eigenvalue weighted by Gasteiger charge is -2.32. The Hall–Kier alpha value is -1.22. The number of ether oxygens (including phenoxy) is 2. The van der Waals surface area contributed by atoms with Crippen molar-refractivity contribution in [2.24, 2.45) is 5.92 Å². The lowest BCUT2D eigenvalue weighted by atomic mass is 9.91. The van der Waals surface area contributed by atoms with E-state index in [9.17, 15) is 0 Å². The zero-order chi connectivity index (χ0) is 11.1. The molecule has 0 aliphatic carbocycles. The molecular formula is C13H17NO2. The Balaban J connectivity index is 2.02. The Morgan fingerprint density at radius 1 is 1.44 bits per heavy atom. The summed E-state index contributed by atoms with van der Waals surface area (Å²) in [5.41, 5.74) is 1.32. The maximum Gasteiger partial charge on any atom is 0.127 e. The van der Waals surface area contributed by atoms with Gasteiger partial charge in [-0.25, -0.2) is 0 Å². The Kier molecular flexibility index (Phi) is 2.28. The fourth-order valence-corrected chi connectivity index (χ4v) is 2.90. The number of hydrogen-bond donors (Lipinski definition) is 0. The average molecular weight is 219 g/mol. The van der Waals surface area contributed by atoms with Gasteiger partial charge < -0.3 is 9.47 Å². The Labute approximate surface area is 96.0 Å². The number of methoxy groups -OCH3 is 1. The Morgan fingerprint density at radius 3 is 3.12 bits per heavy atom. The molecule has 16 heavy (non-hydrogen) atoms. The van der Waals surface area contributed by atoms with E-state index in [2.05, 4.69) is 18.0 Å². The first-order valence-electron chi connectivity index (χ1n) is 5.80. The van der Waals surface area contributed by atoms with Crippen LogP contribution in [0.3, 0.4) is 0 Å². The van der Waals surface area contributed by atoms with Crippen LogP contribution in [-0.4, -0.2) is 32.2 Å². The van der Waals surface area contributed by atoms with Gasteiger partial charge in [-0.1, -0.05) is 6.07 Å². The van der Waals surface area contributed by atoms with Crippen LogP contribution < -0.4 is 9.47 Å². The van der Waals surface area contributed by atoms with Crippen LogP contribution in [0.25, 0.3) is 0 Å². The molecule has 0 aromatic heterocycles. The molecule has 2 aliphatic heterocycles. The summed E-state index contributed by atoms with van der Waals surface area (Å²) in [6.07, 6.45) is 1.24. The smallest absolute Gasteiger partial charge is 0.127 e. The number of fused-ring (bicyclic) bond motifs is 3.